The highest BCUT2D eigenvalue weighted by atomic mass is 14.9. The summed E-state index contributed by atoms with van der Waals surface area (Å²) in [5.74, 6) is 0. The van der Waals surface area contributed by atoms with Gasteiger partial charge in [0.15, 0.2) is 0 Å². The Balaban J connectivity index is 2.14. The van der Waals surface area contributed by atoms with Crippen molar-refractivity contribution in [3.05, 3.63) is 36.5 Å². The first kappa shape index (κ1) is 10.2. The maximum atomic E-state index is 3.44. The summed E-state index contributed by atoms with van der Waals surface area (Å²) in [6, 6.07) is 0.395. The smallest absolute Gasteiger partial charge is 0.0441 e. The number of hydrogen-bond donors (Lipinski definition) is 2. The Morgan fingerprint density at radius 2 is 1.69 bits per heavy atom. The molecule has 0 aliphatic heterocycles. The van der Waals surface area contributed by atoms with E-state index in [1.807, 2.05) is 19.2 Å². The van der Waals surface area contributed by atoms with Crippen LogP contribution in [0.5, 0.6) is 0 Å². The first-order valence-corrected chi connectivity index (χ1v) is 4.83. The van der Waals surface area contributed by atoms with Crippen molar-refractivity contribution < 1.29 is 0 Å². The fraction of sp³-hybridized carbons (Fsp3) is 0.455. The van der Waals surface area contributed by atoms with Gasteiger partial charge in [-0.1, -0.05) is 36.5 Å². The lowest BCUT2D eigenvalue weighted by atomic mass is 10.2. The van der Waals surface area contributed by atoms with E-state index in [0.717, 1.165) is 13.1 Å². The number of hydrogen-bond acceptors (Lipinski definition) is 2. The largest absolute Gasteiger partial charge is 0.320 e. The fourth-order valence-corrected chi connectivity index (χ4v) is 1.23. The van der Waals surface area contributed by atoms with Crippen LogP contribution in [0, 0.1) is 0 Å². The average Bonchev–Trinajstić information content (AvgIpc) is 2.41. The Morgan fingerprint density at radius 3 is 2.31 bits per heavy atom. The molecule has 1 rings (SSSR count). The van der Waals surface area contributed by atoms with Crippen molar-refractivity contribution in [3.8, 4) is 0 Å². The van der Waals surface area contributed by atoms with Crippen molar-refractivity contribution in [2.75, 3.05) is 20.1 Å². The Morgan fingerprint density at radius 1 is 1.00 bits per heavy atom. The molecule has 2 nitrogen and oxygen atoms in total. The second kappa shape index (κ2) is 6.63. The van der Waals surface area contributed by atoms with Crippen molar-refractivity contribution in [3.63, 3.8) is 0 Å². The molecule has 0 atom stereocenters. The summed E-state index contributed by atoms with van der Waals surface area (Å²) in [5.41, 5.74) is 0. The van der Waals surface area contributed by atoms with E-state index >= 15 is 0 Å². The Kier molecular flexibility index (Phi) is 5.22. The van der Waals surface area contributed by atoms with E-state index in [9.17, 15) is 0 Å². The Bertz CT molecular complexity index is 188. The summed E-state index contributed by atoms with van der Waals surface area (Å²) >= 11 is 0. The van der Waals surface area contributed by atoms with E-state index in [4.69, 9.17) is 0 Å². The van der Waals surface area contributed by atoms with Crippen LogP contribution in [0.15, 0.2) is 36.5 Å². The van der Waals surface area contributed by atoms with Crippen LogP contribution in [-0.4, -0.2) is 26.2 Å². The van der Waals surface area contributed by atoms with Gasteiger partial charge in [-0.3, -0.25) is 0 Å². The molecular formula is C11H18N2. The van der Waals surface area contributed by atoms with Crippen molar-refractivity contribution in [2.45, 2.75) is 12.5 Å². The minimum atomic E-state index is 0.395. The normalized spacial score (nSPS) is 16.4. The highest BCUT2D eigenvalue weighted by molar-refractivity contribution is 5.21. The Hall–Kier alpha value is -0.860. The van der Waals surface area contributed by atoms with Crippen LogP contribution in [0.1, 0.15) is 6.42 Å². The monoisotopic (exact) mass is 178 g/mol. The first-order chi connectivity index (χ1) is 6.43. The molecule has 13 heavy (non-hydrogen) atoms. The molecule has 0 aromatic carbocycles. The lowest BCUT2D eigenvalue weighted by molar-refractivity contribution is 0.616. The van der Waals surface area contributed by atoms with Gasteiger partial charge in [0.1, 0.15) is 0 Å². The van der Waals surface area contributed by atoms with E-state index in [0.29, 0.717) is 6.04 Å². The average molecular weight is 178 g/mol. The molecule has 0 heterocycles. The highest BCUT2D eigenvalue weighted by Crippen LogP contribution is 1.96. The third-order valence-corrected chi connectivity index (χ3v) is 1.95. The van der Waals surface area contributed by atoms with Crippen LogP contribution >= 0.6 is 0 Å². The zero-order valence-electron chi connectivity index (χ0n) is 8.16. The van der Waals surface area contributed by atoms with E-state index in [-0.39, 0.29) is 0 Å². The molecule has 1 aliphatic rings. The molecule has 0 radical (unpaired) electrons. The predicted octanol–water partition coefficient (Wildman–Crippen LogP) is 1.24. The summed E-state index contributed by atoms with van der Waals surface area (Å²) < 4.78 is 0. The maximum Gasteiger partial charge on any atom is 0.0441 e. The van der Waals surface area contributed by atoms with Crippen LogP contribution in [-0.2, 0) is 0 Å². The van der Waals surface area contributed by atoms with Gasteiger partial charge in [-0.15, -0.1) is 0 Å². The molecule has 2 N–H and O–H groups in total. The van der Waals surface area contributed by atoms with Gasteiger partial charge in [0, 0.05) is 6.04 Å². The van der Waals surface area contributed by atoms with Crippen LogP contribution in [0.4, 0.5) is 0 Å². The summed E-state index contributed by atoms with van der Waals surface area (Å²) in [5, 5.41) is 6.57. The second-order valence-corrected chi connectivity index (χ2v) is 3.09. The highest BCUT2D eigenvalue weighted by Gasteiger charge is 1.97. The topological polar surface area (TPSA) is 24.1 Å². The molecule has 0 bridgehead atoms. The number of rotatable bonds is 5. The van der Waals surface area contributed by atoms with Crippen LogP contribution in [0.3, 0.4) is 0 Å². The van der Waals surface area contributed by atoms with E-state index < -0.39 is 0 Å². The molecule has 0 spiro atoms. The van der Waals surface area contributed by atoms with Gasteiger partial charge in [-0.05, 0) is 26.6 Å². The van der Waals surface area contributed by atoms with Crippen LogP contribution in [0.25, 0.3) is 0 Å². The lowest BCUT2D eigenvalue weighted by Gasteiger charge is -2.09. The van der Waals surface area contributed by atoms with Gasteiger partial charge in [0.25, 0.3) is 0 Å². The Labute approximate surface area is 80.4 Å². The zero-order chi connectivity index (χ0) is 9.36. The summed E-state index contributed by atoms with van der Waals surface area (Å²) in [6.07, 6.45) is 13.8. The lowest BCUT2D eigenvalue weighted by Crippen LogP contribution is -2.27. The number of nitrogens with one attached hydrogen (secondary N) is 2. The van der Waals surface area contributed by atoms with Gasteiger partial charge >= 0.3 is 0 Å². The van der Waals surface area contributed by atoms with Crippen molar-refractivity contribution in [1.29, 1.82) is 0 Å². The van der Waals surface area contributed by atoms with Crippen LogP contribution in [0.2, 0.25) is 0 Å². The molecule has 0 amide bonds. The van der Waals surface area contributed by atoms with Gasteiger partial charge in [0.05, 0.1) is 0 Å². The van der Waals surface area contributed by atoms with Crippen molar-refractivity contribution in [2.24, 2.45) is 0 Å². The molecule has 0 saturated carbocycles. The quantitative estimate of drug-likeness (QED) is 0.619. The molecule has 0 unspecified atom stereocenters. The van der Waals surface area contributed by atoms with E-state index in [1.165, 1.54) is 6.42 Å². The maximum absolute atomic E-state index is 3.44. The summed E-state index contributed by atoms with van der Waals surface area (Å²) in [7, 11) is 1.98. The van der Waals surface area contributed by atoms with E-state index in [1.54, 1.807) is 0 Å². The molecule has 0 saturated heterocycles. The molecule has 72 valence electrons. The third-order valence-electron chi connectivity index (χ3n) is 1.95. The van der Waals surface area contributed by atoms with Gasteiger partial charge in [-0.25, -0.2) is 0 Å². The number of allylic oxidation sites excluding steroid dienone is 4. The molecular weight excluding hydrogens is 160 g/mol. The standard InChI is InChI=1S/C11H18N2/c1-12-9-6-10-13-11-7-4-2-3-5-8-11/h2-5,7-8,11-13H,6,9-10H2,1H3. The van der Waals surface area contributed by atoms with Crippen molar-refractivity contribution in [1.82, 2.24) is 10.6 Å². The zero-order valence-corrected chi connectivity index (χ0v) is 8.16. The molecule has 0 fully saturated rings. The summed E-state index contributed by atoms with van der Waals surface area (Å²) in [6.45, 7) is 2.13. The predicted molar refractivity (Wildman–Crippen MR) is 57.8 cm³/mol. The first-order valence-electron chi connectivity index (χ1n) is 4.83. The second-order valence-electron chi connectivity index (χ2n) is 3.09. The third kappa shape index (κ3) is 4.65. The van der Waals surface area contributed by atoms with Crippen LogP contribution < -0.4 is 10.6 Å². The molecule has 1 aliphatic carbocycles. The molecule has 0 aromatic rings. The van der Waals surface area contributed by atoms with Gasteiger partial charge < -0.3 is 10.6 Å². The van der Waals surface area contributed by atoms with Crippen molar-refractivity contribution >= 4 is 0 Å². The SMILES string of the molecule is CNCCCNC1C=CC=CC=C1. The fourth-order valence-electron chi connectivity index (χ4n) is 1.23. The van der Waals surface area contributed by atoms with Gasteiger partial charge in [0.2, 0.25) is 0 Å². The minimum absolute atomic E-state index is 0.395. The molecule has 0 aromatic heterocycles. The molecule has 2 heteroatoms. The minimum Gasteiger partial charge on any atom is -0.320 e. The van der Waals surface area contributed by atoms with Gasteiger partial charge in [-0.2, -0.15) is 0 Å². The van der Waals surface area contributed by atoms with E-state index in [2.05, 4.69) is 34.9 Å². The summed E-state index contributed by atoms with van der Waals surface area (Å²) in [4.78, 5) is 0.